The Morgan fingerprint density at radius 3 is 2.90 bits per heavy atom. The second kappa shape index (κ2) is 3.14. The van der Waals surface area contributed by atoms with Crippen molar-refractivity contribution >= 4 is 22.6 Å². The first-order chi connectivity index (χ1) is 4.75. The molecule has 0 atom stereocenters. The van der Waals surface area contributed by atoms with Crippen molar-refractivity contribution in [2.75, 3.05) is 7.11 Å². The smallest absolute Gasteiger partial charge is 0.229 e. The lowest BCUT2D eigenvalue weighted by atomic mass is 10.5. The maximum absolute atomic E-state index is 12.6. The van der Waals surface area contributed by atoms with Crippen molar-refractivity contribution in [2.24, 2.45) is 0 Å². The molecule has 0 aromatic carbocycles. The Balaban J connectivity index is 3.14. The normalized spacial score (nSPS) is 9.50. The molecule has 0 spiro atoms. The minimum atomic E-state index is -0.299. The monoisotopic (exact) mass is 253 g/mol. The van der Waals surface area contributed by atoms with Crippen molar-refractivity contribution in [2.45, 2.75) is 0 Å². The van der Waals surface area contributed by atoms with Crippen LogP contribution in [-0.4, -0.2) is 12.1 Å². The van der Waals surface area contributed by atoms with Crippen LogP contribution in [0.2, 0.25) is 0 Å². The SMILES string of the molecule is COc1nccc(F)c1I. The molecule has 1 heterocycles. The highest BCUT2D eigenvalue weighted by Crippen LogP contribution is 2.19. The third kappa shape index (κ3) is 1.36. The summed E-state index contributed by atoms with van der Waals surface area (Å²) in [6.07, 6.45) is 1.37. The Hall–Kier alpha value is -0.390. The molecule has 1 aromatic heterocycles. The number of hydrogen-bond donors (Lipinski definition) is 0. The Bertz CT molecular complexity index is 241. The van der Waals surface area contributed by atoms with Crippen molar-refractivity contribution in [1.82, 2.24) is 4.98 Å². The van der Waals surface area contributed by atoms with Crippen LogP contribution in [0.25, 0.3) is 0 Å². The maximum Gasteiger partial charge on any atom is 0.229 e. The zero-order valence-corrected chi connectivity index (χ0v) is 7.42. The number of nitrogens with zero attached hydrogens (tertiary/aromatic N) is 1. The summed E-state index contributed by atoms with van der Waals surface area (Å²) in [5, 5.41) is 0. The van der Waals surface area contributed by atoms with Crippen LogP contribution in [0, 0.1) is 9.39 Å². The lowest BCUT2D eigenvalue weighted by Crippen LogP contribution is -1.92. The number of rotatable bonds is 1. The van der Waals surface area contributed by atoms with Crippen LogP contribution in [0.3, 0.4) is 0 Å². The summed E-state index contributed by atoms with van der Waals surface area (Å²) in [5.41, 5.74) is 0. The van der Waals surface area contributed by atoms with Crippen LogP contribution < -0.4 is 4.74 Å². The van der Waals surface area contributed by atoms with Crippen molar-refractivity contribution in [3.05, 3.63) is 21.7 Å². The number of pyridine rings is 1. The van der Waals surface area contributed by atoms with Gasteiger partial charge in [0, 0.05) is 6.20 Å². The number of ether oxygens (including phenoxy) is 1. The van der Waals surface area contributed by atoms with Gasteiger partial charge in [0.25, 0.3) is 0 Å². The molecule has 0 radical (unpaired) electrons. The van der Waals surface area contributed by atoms with E-state index in [1.54, 1.807) is 0 Å². The standard InChI is InChI=1S/C6H5FINO/c1-10-6-5(8)4(7)2-3-9-6/h2-3H,1H3. The quantitative estimate of drug-likeness (QED) is 0.712. The molecule has 0 unspecified atom stereocenters. The fourth-order valence-electron chi connectivity index (χ4n) is 0.545. The van der Waals surface area contributed by atoms with Gasteiger partial charge in [-0.25, -0.2) is 9.37 Å². The van der Waals surface area contributed by atoms with Crippen molar-refractivity contribution in [3.8, 4) is 5.88 Å². The lowest BCUT2D eigenvalue weighted by molar-refractivity contribution is 0.390. The topological polar surface area (TPSA) is 22.1 Å². The second-order valence-electron chi connectivity index (χ2n) is 1.62. The Labute approximate surface area is 71.6 Å². The average molecular weight is 253 g/mol. The van der Waals surface area contributed by atoms with Crippen molar-refractivity contribution in [1.29, 1.82) is 0 Å². The molecular weight excluding hydrogens is 248 g/mol. The minimum Gasteiger partial charge on any atom is -0.480 e. The summed E-state index contributed by atoms with van der Waals surface area (Å²) < 4.78 is 17.8. The first-order valence-corrected chi connectivity index (χ1v) is 3.67. The molecule has 10 heavy (non-hydrogen) atoms. The van der Waals surface area contributed by atoms with Gasteiger partial charge < -0.3 is 4.74 Å². The van der Waals surface area contributed by atoms with E-state index in [1.807, 2.05) is 22.6 Å². The van der Waals surface area contributed by atoms with Crippen LogP contribution in [-0.2, 0) is 0 Å². The van der Waals surface area contributed by atoms with Crippen LogP contribution >= 0.6 is 22.6 Å². The van der Waals surface area contributed by atoms with Gasteiger partial charge in [-0.3, -0.25) is 0 Å². The summed E-state index contributed by atoms with van der Waals surface area (Å²) in [6.45, 7) is 0. The van der Waals surface area contributed by atoms with Gasteiger partial charge in [0.15, 0.2) is 0 Å². The highest BCUT2D eigenvalue weighted by molar-refractivity contribution is 14.1. The number of aromatic nitrogens is 1. The van der Waals surface area contributed by atoms with E-state index in [0.29, 0.717) is 9.45 Å². The number of halogens is 2. The summed E-state index contributed by atoms with van der Waals surface area (Å²) in [5.74, 6) is 0.0352. The predicted molar refractivity (Wildman–Crippen MR) is 43.5 cm³/mol. The van der Waals surface area contributed by atoms with Crippen LogP contribution in [0.4, 0.5) is 4.39 Å². The zero-order chi connectivity index (χ0) is 7.56. The van der Waals surface area contributed by atoms with E-state index in [0.717, 1.165) is 0 Å². The second-order valence-corrected chi connectivity index (χ2v) is 2.69. The molecule has 54 valence electrons. The third-order valence-corrected chi connectivity index (χ3v) is 1.98. The molecular formula is C6H5FINO. The van der Waals surface area contributed by atoms with Gasteiger partial charge >= 0.3 is 0 Å². The van der Waals surface area contributed by atoms with E-state index in [4.69, 9.17) is 4.74 Å². The average Bonchev–Trinajstić information content (AvgIpc) is 1.95. The van der Waals surface area contributed by atoms with Gasteiger partial charge in [0.05, 0.1) is 7.11 Å². The molecule has 1 rings (SSSR count). The predicted octanol–water partition coefficient (Wildman–Crippen LogP) is 1.83. The van der Waals surface area contributed by atoms with E-state index < -0.39 is 0 Å². The summed E-state index contributed by atoms with van der Waals surface area (Å²) >= 11 is 1.84. The molecule has 1 aromatic rings. The summed E-state index contributed by atoms with van der Waals surface area (Å²) in [7, 11) is 1.46. The zero-order valence-electron chi connectivity index (χ0n) is 5.27. The third-order valence-electron chi connectivity index (χ3n) is 1.00. The summed E-state index contributed by atoms with van der Waals surface area (Å²) in [6, 6.07) is 1.30. The number of hydrogen-bond acceptors (Lipinski definition) is 2. The molecule has 2 nitrogen and oxygen atoms in total. The van der Waals surface area contributed by atoms with Crippen LogP contribution in [0.5, 0.6) is 5.88 Å². The molecule has 4 heteroatoms. The van der Waals surface area contributed by atoms with E-state index in [2.05, 4.69) is 4.98 Å². The first kappa shape index (κ1) is 7.71. The fourth-order valence-corrected chi connectivity index (χ4v) is 1.08. The van der Waals surface area contributed by atoms with Crippen LogP contribution in [0.1, 0.15) is 0 Å². The van der Waals surface area contributed by atoms with Crippen molar-refractivity contribution < 1.29 is 9.13 Å². The molecule has 0 saturated heterocycles. The molecule has 0 N–H and O–H groups in total. The minimum absolute atomic E-state index is 0.299. The van der Waals surface area contributed by atoms with Gasteiger partial charge in [-0.1, -0.05) is 0 Å². The highest BCUT2D eigenvalue weighted by Gasteiger charge is 2.04. The molecule has 0 aliphatic heterocycles. The largest absolute Gasteiger partial charge is 0.480 e. The molecule has 0 aliphatic carbocycles. The van der Waals surface area contributed by atoms with Gasteiger partial charge in [-0.05, 0) is 28.7 Å². The first-order valence-electron chi connectivity index (χ1n) is 2.59. The van der Waals surface area contributed by atoms with Crippen molar-refractivity contribution in [3.63, 3.8) is 0 Å². The van der Waals surface area contributed by atoms with Gasteiger partial charge in [-0.2, -0.15) is 0 Å². The summed E-state index contributed by atoms with van der Waals surface area (Å²) in [4.78, 5) is 3.79. The van der Waals surface area contributed by atoms with Crippen LogP contribution in [0.15, 0.2) is 12.3 Å². The van der Waals surface area contributed by atoms with E-state index in [1.165, 1.54) is 19.4 Å². The van der Waals surface area contributed by atoms with Gasteiger partial charge in [0.2, 0.25) is 5.88 Å². The fraction of sp³-hybridized carbons (Fsp3) is 0.167. The van der Waals surface area contributed by atoms with Gasteiger partial charge in [0.1, 0.15) is 9.39 Å². The Morgan fingerprint density at radius 1 is 1.70 bits per heavy atom. The maximum atomic E-state index is 12.6. The molecule has 0 bridgehead atoms. The molecule has 0 amide bonds. The molecule has 0 fully saturated rings. The van der Waals surface area contributed by atoms with E-state index in [9.17, 15) is 4.39 Å². The van der Waals surface area contributed by atoms with E-state index >= 15 is 0 Å². The van der Waals surface area contributed by atoms with Gasteiger partial charge in [-0.15, -0.1) is 0 Å². The Kier molecular flexibility index (Phi) is 2.42. The molecule has 0 saturated carbocycles. The lowest BCUT2D eigenvalue weighted by Gasteiger charge is -1.99. The molecule has 0 aliphatic rings. The van der Waals surface area contributed by atoms with E-state index in [-0.39, 0.29) is 5.82 Å². The number of methoxy groups -OCH3 is 1. The Morgan fingerprint density at radius 2 is 2.40 bits per heavy atom. The highest BCUT2D eigenvalue weighted by atomic mass is 127.